The summed E-state index contributed by atoms with van der Waals surface area (Å²) in [6.07, 6.45) is 8.61. The first-order valence-corrected chi connectivity index (χ1v) is 9.62. The second-order valence-corrected chi connectivity index (χ2v) is 6.84. The molecule has 0 unspecified atom stereocenters. The van der Waals surface area contributed by atoms with Gasteiger partial charge in [0.15, 0.2) is 5.65 Å². The van der Waals surface area contributed by atoms with E-state index in [4.69, 9.17) is 4.74 Å². The molecule has 0 aromatic carbocycles. The van der Waals surface area contributed by atoms with Crippen LogP contribution in [0.2, 0.25) is 0 Å². The zero-order valence-corrected chi connectivity index (χ0v) is 16.7. The van der Waals surface area contributed by atoms with E-state index >= 15 is 0 Å². The monoisotopic (exact) mass is 402 g/mol. The van der Waals surface area contributed by atoms with E-state index in [0.29, 0.717) is 37.3 Å². The average molecular weight is 402 g/mol. The van der Waals surface area contributed by atoms with Crippen LogP contribution in [0.1, 0.15) is 21.6 Å². The minimum atomic E-state index is -0.131. The molecule has 0 fully saturated rings. The van der Waals surface area contributed by atoms with E-state index in [1.165, 1.54) is 0 Å². The summed E-state index contributed by atoms with van der Waals surface area (Å²) in [4.78, 5) is 32.3. The van der Waals surface area contributed by atoms with Gasteiger partial charge in [-0.25, -0.2) is 9.97 Å². The molecule has 0 aliphatic heterocycles. The van der Waals surface area contributed by atoms with Gasteiger partial charge in [-0.3, -0.25) is 14.8 Å². The number of imidazole rings is 1. The molecule has 0 radical (unpaired) electrons. The van der Waals surface area contributed by atoms with Gasteiger partial charge in [-0.05, 0) is 29.8 Å². The minimum Gasteiger partial charge on any atom is -0.383 e. The zero-order valence-electron chi connectivity index (χ0n) is 16.7. The van der Waals surface area contributed by atoms with Crippen molar-refractivity contribution in [2.24, 2.45) is 0 Å². The molecule has 4 aromatic rings. The van der Waals surface area contributed by atoms with Gasteiger partial charge in [0.05, 0.1) is 37.3 Å². The molecule has 8 heteroatoms. The number of carbonyl (C=O) groups excluding carboxylic acids is 1. The maximum absolute atomic E-state index is 13.2. The molecule has 0 aliphatic carbocycles. The van der Waals surface area contributed by atoms with Gasteiger partial charge in [-0.2, -0.15) is 0 Å². The Labute approximate surface area is 174 Å². The van der Waals surface area contributed by atoms with Crippen molar-refractivity contribution in [3.05, 3.63) is 84.3 Å². The van der Waals surface area contributed by atoms with Gasteiger partial charge in [0.25, 0.3) is 5.91 Å². The van der Waals surface area contributed by atoms with Crippen LogP contribution in [0.25, 0.3) is 11.2 Å². The molecule has 0 bridgehead atoms. The predicted molar refractivity (Wildman–Crippen MR) is 112 cm³/mol. The van der Waals surface area contributed by atoms with Crippen molar-refractivity contribution in [3.63, 3.8) is 0 Å². The van der Waals surface area contributed by atoms with Gasteiger partial charge in [0, 0.05) is 38.4 Å². The predicted octanol–water partition coefficient (Wildman–Crippen LogP) is 2.56. The fourth-order valence-electron chi connectivity index (χ4n) is 3.19. The number of methoxy groups -OCH3 is 1. The molecule has 0 atom stereocenters. The fourth-order valence-corrected chi connectivity index (χ4v) is 3.19. The van der Waals surface area contributed by atoms with E-state index < -0.39 is 0 Å². The highest BCUT2D eigenvalue weighted by Crippen LogP contribution is 2.16. The van der Waals surface area contributed by atoms with Crippen LogP contribution < -0.4 is 0 Å². The maximum atomic E-state index is 13.2. The number of carbonyl (C=O) groups is 1. The summed E-state index contributed by atoms with van der Waals surface area (Å²) in [6.45, 7) is 1.91. The molecule has 0 saturated carbocycles. The lowest BCUT2D eigenvalue weighted by Gasteiger charge is -2.22. The molecule has 152 valence electrons. The van der Waals surface area contributed by atoms with E-state index in [-0.39, 0.29) is 5.91 Å². The Morgan fingerprint density at radius 2 is 2.03 bits per heavy atom. The number of hydrogen-bond donors (Lipinski definition) is 0. The van der Waals surface area contributed by atoms with E-state index in [2.05, 4.69) is 19.9 Å². The molecule has 1 amide bonds. The van der Waals surface area contributed by atoms with Gasteiger partial charge in [0.2, 0.25) is 0 Å². The highest BCUT2D eigenvalue weighted by atomic mass is 16.5. The van der Waals surface area contributed by atoms with Crippen LogP contribution in [0.15, 0.2) is 67.5 Å². The Morgan fingerprint density at radius 1 is 1.10 bits per heavy atom. The van der Waals surface area contributed by atoms with Crippen LogP contribution >= 0.6 is 0 Å². The third-order valence-electron chi connectivity index (χ3n) is 4.71. The lowest BCUT2D eigenvalue weighted by molar-refractivity contribution is 0.0677. The Morgan fingerprint density at radius 3 is 2.80 bits per heavy atom. The number of ether oxygens (including phenoxy) is 1. The summed E-state index contributed by atoms with van der Waals surface area (Å²) in [5, 5.41) is 0. The van der Waals surface area contributed by atoms with E-state index in [9.17, 15) is 4.79 Å². The molecule has 8 nitrogen and oxygen atoms in total. The van der Waals surface area contributed by atoms with Crippen LogP contribution in [0.3, 0.4) is 0 Å². The highest BCUT2D eigenvalue weighted by molar-refractivity contribution is 5.96. The largest absolute Gasteiger partial charge is 0.383 e. The summed E-state index contributed by atoms with van der Waals surface area (Å²) >= 11 is 0. The first-order valence-electron chi connectivity index (χ1n) is 9.62. The van der Waals surface area contributed by atoms with Crippen LogP contribution in [0.5, 0.6) is 0 Å². The van der Waals surface area contributed by atoms with Gasteiger partial charge in [0.1, 0.15) is 5.52 Å². The normalized spacial score (nSPS) is 11.0. The highest BCUT2D eigenvalue weighted by Gasteiger charge is 2.18. The van der Waals surface area contributed by atoms with Gasteiger partial charge < -0.3 is 14.2 Å². The van der Waals surface area contributed by atoms with Crippen LogP contribution in [0.4, 0.5) is 0 Å². The number of nitrogens with zero attached hydrogens (tertiary/aromatic N) is 6. The fraction of sp³-hybridized carbons (Fsp3) is 0.227. The molecule has 0 spiro atoms. The zero-order chi connectivity index (χ0) is 20.8. The number of hydrogen-bond acceptors (Lipinski definition) is 6. The van der Waals surface area contributed by atoms with Crippen LogP contribution in [-0.2, 0) is 17.8 Å². The summed E-state index contributed by atoms with van der Waals surface area (Å²) < 4.78 is 7.12. The lowest BCUT2D eigenvalue weighted by Crippen LogP contribution is -2.33. The van der Waals surface area contributed by atoms with Crippen molar-refractivity contribution in [3.8, 4) is 0 Å². The number of amides is 1. The van der Waals surface area contributed by atoms with Crippen molar-refractivity contribution in [1.82, 2.24) is 29.4 Å². The Bertz CT molecular complexity index is 1110. The summed E-state index contributed by atoms with van der Waals surface area (Å²) in [6, 6.07) is 11.3. The SMILES string of the molecule is COCCN(Cc1ccccn1)C(=O)c1cnc2c(c1)ncn2Cc1cccnc1. The first kappa shape index (κ1) is 19.7. The summed E-state index contributed by atoms with van der Waals surface area (Å²) in [5.74, 6) is -0.131. The van der Waals surface area contributed by atoms with Crippen molar-refractivity contribution in [2.75, 3.05) is 20.3 Å². The van der Waals surface area contributed by atoms with E-state index in [1.807, 2.05) is 41.1 Å². The third kappa shape index (κ3) is 4.49. The quantitative estimate of drug-likeness (QED) is 0.450. The van der Waals surface area contributed by atoms with Gasteiger partial charge in [-0.1, -0.05) is 12.1 Å². The molecular weight excluding hydrogens is 380 g/mol. The van der Waals surface area contributed by atoms with Gasteiger partial charge >= 0.3 is 0 Å². The molecule has 0 saturated heterocycles. The smallest absolute Gasteiger partial charge is 0.255 e. The Balaban J connectivity index is 1.56. The minimum absolute atomic E-state index is 0.131. The molecule has 30 heavy (non-hydrogen) atoms. The molecule has 4 rings (SSSR count). The van der Waals surface area contributed by atoms with E-state index in [0.717, 1.165) is 16.9 Å². The Kier molecular flexibility index (Phi) is 6.05. The van der Waals surface area contributed by atoms with Crippen molar-refractivity contribution in [1.29, 1.82) is 0 Å². The first-order chi connectivity index (χ1) is 14.7. The standard InChI is InChI=1S/C22H22N6O2/c1-30-10-9-27(15-19-6-2-3-8-24-19)22(29)18-11-20-21(25-13-18)28(16-26-20)14-17-5-4-7-23-12-17/h2-8,11-13,16H,9-10,14-15H2,1H3. The third-order valence-corrected chi connectivity index (χ3v) is 4.71. The molecule has 0 N–H and O–H groups in total. The van der Waals surface area contributed by atoms with Crippen molar-refractivity contribution >= 4 is 17.1 Å². The van der Waals surface area contributed by atoms with Gasteiger partial charge in [-0.15, -0.1) is 0 Å². The topological polar surface area (TPSA) is 86.0 Å². The summed E-state index contributed by atoms with van der Waals surface area (Å²) in [5.41, 5.74) is 3.76. The molecule has 0 aliphatic rings. The number of aromatic nitrogens is 5. The second kappa shape index (κ2) is 9.23. The summed E-state index contributed by atoms with van der Waals surface area (Å²) in [7, 11) is 1.62. The Hall–Kier alpha value is -3.65. The van der Waals surface area contributed by atoms with Crippen molar-refractivity contribution < 1.29 is 9.53 Å². The average Bonchev–Trinajstić information content (AvgIpc) is 3.19. The molecular formula is C22H22N6O2. The lowest BCUT2D eigenvalue weighted by atomic mass is 10.2. The molecule has 4 aromatic heterocycles. The maximum Gasteiger partial charge on any atom is 0.255 e. The number of pyridine rings is 3. The van der Waals surface area contributed by atoms with Crippen molar-refractivity contribution in [2.45, 2.75) is 13.1 Å². The van der Waals surface area contributed by atoms with Crippen LogP contribution in [0, 0.1) is 0 Å². The molecule has 4 heterocycles. The second-order valence-electron chi connectivity index (χ2n) is 6.84. The number of fused-ring (bicyclic) bond motifs is 1. The number of rotatable bonds is 8. The van der Waals surface area contributed by atoms with Crippen LogP contribution in [-0.4, -0.2) is 55.6 Å². The van der Waals surface area contributed by atoms with E-state index in [1.54, 1.807) is 43.0 Å².